The number of amides is 1. The van der Waals surface area contributed by atoms with E-state index in [-0.39, 0.29) is 12.3 Å². The molecule has 0 fully saturated rings. The molecule has 1 aromatic heterocycles. The maximum atomic E-state index is 11.9. The van der Waals surface area contributed by atoms with E-state index in [1.807, 2.05) is 6.07 Å². The van der Waals surface area contributed by atoms with Gasteiger partial charge in [-0.1, -0.05) is 15.9 Å². The fourth-order valence-electron chi connectivity index (χ4n) is 2.30. The lowest BCUT2D eigenvalue weighted by molar-refractivity contribution is -0.120. The van der Waals surface area contributed by atoms with E-state index in [2.05, 4.69) is 32.3 Å². The van der Waals surface area contributed by atoms with Crippen LogP contribution in [-0.4, -0.2) is 17.5 Å². The average molecular weight is 368 g/mol. The van der Waals surface area contributed by atoms with Crippen LogP contribution in [0.1, 0.15) is 16.8 Å². The number of nitrogen functional groups attached to an aromatic ring is 1. The van der Waals surface area contributed by atoms with Crippen LogP contribution in [0.15, 0.2) is 22.0 Å². The van der Waals surface area contributed by atoms with Crippen molar-refractivity contribution in [2.45, 2.75) is 19.4 Å². The Labute approximate surface area is 134 Å². The summed E-state index contributed by atoms with van der Waals surface area (Å²) in [6.45, 7) is 1.14. The average Bonchev–Trinajstić information content (AvgIpc) is 3.04. The highest BCUT2D eigenvalue weighted by molar-refractivity contribution is 9.10. The molecule has 0 spiro atoms. The van der Waals surface area contributed by atoms with Crippen molar-refractivity contribution in [3.63, 3.8) is 0 Å². The Morgan fingerprint density at radius 1 is 1.52 bits per heavy atom. The maximum Gasteiger partial charge on any atom is 0.226 e. The van der Waals surface area contributed by atoms with Crippen molar-refractivity contribution < 1.29 is 9.53 Å². The second kappa shape index (κ2) is 6.03. The van der Waals surface area contributed by atoms with Crippen LogP contribution in [0, 0.1) is 0 Å². The van der Waals surface area contributed by atoms with Crippen LogP contribution < -0.4 is 15.8 Å². The van der Waals surface area contributed by atoms with E-state index in [0.717, 1.165) is 22.2 Å². The van der Waals surface area contributed by atoms with Crippen LogP contribution in [0.4, 0.5) is 5.13 Å². The first kappa shape index (κ1) is 14.3. The SMILES string of the molecule is Nc1nc(CC(=O)NCc2cc(Br)cc3c2OCC3)cs1. The number of fused-ring (bicyclic) bond motifs is 1. The van der Waals surface area contributed by atoms with E-state index >= 15 is 0 Å². The van der Waals surface area contributed by atoms with E-state index < -0.39 is 0 Å². The van der Waals surface area contributed by atoms with Crippen LogP contribution in [0.2, 0.25) is 0 Å². The van der Waals surface area contributed by atoms with Gasteiger partial charge in [0.1, 0.15) is 5.75 Å². The molecule has 21 heavy (non-hydrogen) atoms. The van der Waals surface area contributed by atoms with Gasteiger partial charge in [-0.3, -0.25) is 4.79 Å². The van der Waals surface area contributed by atoms with Crippen molar-refractivity contribution in [1.82, 2.24) is 10.3 Å². The standard InChI is InChI=1S/C14H14BrN3O2S/c15-10-3-8-1-2-20-13(8)9(4-10)6-17-12(19)5-11-7-21-14(16)18-11/h3-4,7H,1-2,5-6H2,(H2,16,18)(H,17,19). The van der Waals surface area contributed by atoms with Crippen molar-refractivity contribution in [3.8, 4) is 5.75 Å². The summed E-state index contributed by atoms with van der Waals surface area (Å²) in [6, 6.07) is 4.04. The molecule has 110 valence electrons. The minimum absolute atomic E-state index is 0.0768. The number of nitrogens with one attached hydrogen (secondary N) is 1. The number of hydrogen-bond donors (Lipinski definition) is 2. The topological polar surface area (TPSA) is 77.2 Å². The summed E-state index contributed by atoms with van der Waals surface area (Å²) < 4.78 is 6.64. The monoisotopic (exact) mass is 367 g/mol. The minimum Gasteiger partial charge on any atom is -0.493 e. The van der Waals surface area contributed by atoms with Gasteiger partial charge in [-0.05, 0) is 17.7 Å². The van der Waals surface area contributed by atoms with Gasteiger partial charge >= 0.3 is 0 Å². The zero-order chi connectivity index (χ0) is 14.8. The number of halogens is 1. The number of benzene rings is 1. The molecule has 0 atom stereocenters. The third-order valence-corrected chi connectivity index (χ3v) is 4.39. The number of nitrogens with two attached hydrogens (primary N) is 1. The Hall–Kier alpha value is -1.60. The molecule has 3 N–H and O–H groups in total. The highest BCUT2D eigenvalue weighted by atomic mass is 79.9. The van der Waals surface area contributed by atoms with E-state index in [1.165, 1.54) is 16.9 Å². The number of carbonyl (C=O) groups is 1. The van der Waals surface area contributed by atoms with Crippen molar-refractivity contribution >= 4 is 38.3 Å². The first-order valence-electron chi connectivity index (χ1n) is 6.52. The van der Waals surface area contributed by atoms with Gasteiger partial charge in [-0.25, -0.2) is 4.98 Å². The first-order chi connectivity index (χ1) is 10.1. The quantitative estimate of drug-likeness (QED) is 0.868. The van der Waals surface area contributed by atoms with Crippen LogP contribution in [-0.2, 0) is 24.2 Å². The first-order valence-corrected chi connectivity index (χ1v) is 8.20. The molecule has 0 bridgehead atoms. The van der Waals surface area contributed by atoms with Gasteiger partial charge in [0.05, 0.1) is 18.7 Å². The lowest BCUT2D eigenvalue weighted by Gasteiger charge is -2.10. The van der Waals surface area contributed by atoms with Crippen molar-refractivity contribution in [1.29, 1.82) is 0 Å². The van der Waals surface area contributed by atoms with Crippen LogP contribution >= 0.6 is 27.3 Å². The number of anilines is 1. The number of carbonyl (C=O) groups excluding carboxylic acids is 1. The molecular weight excluding hydrogens is 354 g/mol. The molecule has 5 nitrogen and oxygen atoms in total. The Kier molecular flexibility index (Phi) is 4.12. The van der Waals surface area contributed by atoms with Gasteiger partial charge in [0, 0.05) is 28.4 Å². The summed E-state index contributed by atoms with van der Waals surface area (Å²) in [6.07, 6.45) is 1.15. The third kappa shape index (κ3) is 3.36. The van der Waals surface area contributed by atoms with Crippen molar-refractivity contribution in [3.05, 3.63) is 38.8 Å². The van der Waals surface area contributed by atoms with Gasteiger partial charge in [-0.15, -0.1) is 11.3 Å². The summed E-state index contributed by atoms with van der Waals surface area (Å²) in [5.74, 6) is 0.823. The zero-order valence-corrected chi connectivity index (χ0v) is 13.6. The summed E-state index contributed by atoms with van der Waals surface area (Å²) in [7, 11) is 0. The Morgan fingerprint density at radius 3 is 3.14 bits per heavy atom. The lowest BCUT2D eigenvalue weighted by atomic mass is 10.1. The van der Waals surface area contributed by atoms with Crippen molar-refractivity contribution in [2.75, 3.05) is 12.3 Å². The molecule has 2 aromatic rings. The van der Waals surface area contributed by atoms with Gasteiger partial charge in [-0.2, -0.15) is 0 Å². The maximum absolute atomic E-state index is 11.9. The second-order valence-corrected chi connectivity index (χ2v) is 6.59. The molecule has 0 saturated heterocycles. The summed E-state index contributed by atoms with van der Waals surface area (Å²) in [5, 5.41) is 5.18. The second-order valence-electron chi connectivity index (χ2n) is 4.78. The molecule has 7 heteroatoms. The van der Waals surface area contributed by atoms with Gasteiger partial charge < -0.3 is 15.8 Å². The summed E-state index contributed by atoms with van der Waals surface area (Å²) >= 11 is 4.83. The number of nitrogens with zero attached hydrogens (tertiary/aromatic N) is 1. The molecule has 1 amide bonds. The number of rotatable bonds is 4. The van der Waals surface area contributed by atoms with Gasteiger partial charge in [0.15, 0.2) is 5.13 Å². The van der Waals surface area contributed by atoms with Crippen LogP contribution in [0.3, 0.4) is 0 Å². The van der Waals surface area contributed by atoms with Gasteiger partial charge in [0.25, 0.3) is 0 Å². The predicted molar refractivity (Wildman–Crippen MR) is 85.4 cm³/mol. The normalized spacial score (nSPS) is 12.8. The van der Waals surface area contributed by atoms with Crippen LogP contribution in [0.25, 0.3) is 0 Å². The van der Waals surface area contributed by atoms with E-state index in [4.69, 9.17) is 10.5 Å². The number of ether oxygens (including phenoxy) is 1. The third-order valence-electron chi connectivity index (χ3n) is 3.21. The summed E-state index contributed by atoms with van der Waals surface area (Å²) in [5.41, 5.74) is 8.42. The molecule has 0 radical (unpaired) electrons. The van der Waals surface area contributed by atoms with Crippen LogP contribution in [0.5, 0.6) is 5.75 Å². The molecule has 3 rings (SSSR count). The van der Waals surface area contributed by atoms with Gasteiger partial charge in [0.2, 0.25) is 5.91 Å². The molecule has 0 aliphatic carbocycles. The molecule has 1 aromatic carbocycles. The summed E-state index contributed by atoms with van der Waals surface area (Å²) in [4.78, 5) is 16.0. The van der Waals surface area contributed by atoms with E-state index in [0.29, 0.717) is 24.0 Å². The van der Waals surface area contributed by atoms with E-state index in [9.17, 15) is 4.79 Å². The Balaban J connectivity index is 1.64. The number of aromatic nitrogens is 1. The highest BCUT2D eigenvalue weighted by Crippen LogP contribution is 2.32. The molecule has 2 heterocycles. The highest BCUT2D eigenvalue weighted by Gasteiger charge is 2.18. The fourth-order valence-corrected chi connectivity index (χ4v) is 3.42. The Bertz CT molecular complexity index is 687. The molecule has 1 aliphatic heterocycles. The molecule has 0 saturated carbocycles. The van der Waals surface area contributed by atoms with Crippen molar-refractivity contribution in [2.24, 2.45) is 0 Å². The number of hydrogen-bond acceptors (Lipinski definition) is 5. The fraction of sp³-hybridized carbons (Fsp3) is 0.286. The smallest absolute Gasteiger partial charge is 0.226 e. The minimum atomic E-state index is -0.0768. The molecular formula is C14H14BrN3O2S. The largest absolute Gasteiger partial charge is 0.493 e. The lowest BCUT2D eigenvalue weighted by Crippen LogP contribution is -2.25. The Morgan fingerprint density at radius 2 is 2.38 bits per heavy atom. The predicted octanol–water partition coefficient (Wildman–Crippen LogP) is 2.28. The molecule has 0 unspecified atom stereocenters. The zero-order valence-electron chi connectivity index (χ0n) is 11.2. The number of thiazole rings is 1. The molecule has 1 aliphatic rings. The van der Waals surface area contributed by atoms with E-state index in [1.54, 1.807) is 5.38 Å².